The average molecular weight is 294 g/mol. The fraction of sp³-hybridized carbons (Fsp3) is 0.733. The summed E-state index contributed by atoms with van der Waals surface area (Å²) in [7, 11) is 5.48. The molecule has 2 N–H and O–H groups in total. The van der Waals surface area contributed by atoms with Gasteiger partial charge in [0.15, 0.2) is 0 Å². The van der Waals surface area contributed by atoms with E-state index in [4.69, 9.17) is 10.5 Å². The first kappa shape index (κ1) is 16.0. The number of hydrogen-bond acceptors (Lipinski definition) is 5. The van der Waals surface area contributed by atoms with Gasteiger partial charge in [-0.3, -0.25) is 9.69 Å². The molecule has 0 amide bonds. The normalized spacial score (nSPS) is 25.5. The number of methoxy groups -OCH3 is 1. The standard InChI is InChI=1S/C15H26N4O2/c1-18(11-13-17-8-10-19(13)2)9-6-12-5-4-7-15(12,16)14(20)21-3/h8,10,12H,4-7,9,11,16H2,1-3H3. The van der Waals surface area contributed by atoms with Gasteiger partial charge in [-0.1, -0.05) is 6.42 Å². The second-order valence-corrected chi connectivity index (χ2v) is 6.10. The average Bonchev–Trinajstić information content (AvgIpc) is 3.03. The van der Waals surface area contributed by atoms with Crippen molar-refractivity contribution >= 4 is 5.97 Å². The number of ether oxygens (including phenoxy) is 1. The number of nitrogens with zero attached hydrogens (tertiary/aromatic N) is 3. The fourth-order valence-electron chi connectivity index (χ4n) is 3.21. The molecule has 1 fully saturated rings. The van der Waals surface area contributed by atoms with Gasteiger partial charge in [-0.15, -0.1) is 0 Å². The van der Waals surface area contributed by atoms with Crippen molar-refractivity contribution in [2.45, 2.75) is 37.8 Å². The minimum atomic E-state index is -0.793. The first-order valence-electron chi connectivity index (χ1n) is 7.49. The van der Waals surface area contributed by atoms with Gasteiger partial charge >= 0.3 is 5.97 Å². The quantitative estimate of drug-likeness (QED) is 0.790. The van der Waals surface area contributed by atoms with Crippen LogP contribution in [0, 0.1) is 5.92 Å². The van der Waals surface area contributed by atoms with Crippen molar-refractivity contribution < 1.29 is 9.53 Å². The predicted molar refractivity (Wildman–Crippen MR) is 80.4 cm³/mol. The third-order valence-electron chi connectivity index (χ3n) is 4.63. The molecule has 2 rings (SSSR count). The monoisotopic (exact) mass is 294 g/mol. The summed E-state index contributed by atoms with van der Waals surface area (Å²) in [6.07, 6.45) is 7.39. The van der Waals surface area contributed by atoms with Crippen molar-refractivity contribution in [2.24, 2.45) is 18.7 Å². The van der Waals surface area contributed by atoms with Crippen LogP contribution in [-0.4, -0.2) is 46.7 Å². The van der Waals surface area contributed by atoms with E-state index in [0.717, 1.165) is 44.6 Å². The highest BCUT2D eigenvalue weighted by Gasteiger charge is 2.46. The summed E-state index contributed by atoms with van der Waals surface area (Å²) in [6.45, 7) is 1.69. The van der Waals surface area contributed by atoms with E-state index in [1.165, 1.54) is 7.11 Å². The molecule has 0 radical (unpaired) electrons. The zero-order chi connectivity index (χ0) is 15.5. The molecular weight excluding hydrogens is 268 g/mol. The van der Waals surface area contributed by atoms with Gasteiger partial charge in [0.1, 0.15) is 11.4 Å². The summed E-state index contributed by atoms with van der Waals surface area (Å²) < 4.78 is 6.91. The predicted octanol–water partition coefficient (Wildman–Crippen LogP) is 0.913. The molecule has 21 heavy (non-hydrogen) atoms. The number of rotatable bonds is 6. The molecule has 0 spiro atoms. The van der Waals surface area contributed by atoms with Crippen molar-refractivity contribution in [1.29, 1.82) is 0 Å². The van der Waals surface area contributed by atoms with Gasteiger partial charge in [0.2, 0.25) is 0 Å². The molecule has 0 bridgehead atoms. The molecule has 1 aromatic heterocycles. The van der Waals surface area contributed by atoms with E-state index in [-0.39, 0.29) is 11.9 Å². The summed E-state index contributed by atoms with van der Waals surface area (Å²) in [4.78, 5) is 18.5. The third-order valence-corrected chi connectivity index (χ3v) is 4.63. The van der Waals surface area contributed by atoms with E-state index in [2.05, 4.69) is 16.9 Å². The Bertz CT molecular complexity index is 488. The van der Waals surface area contributed by atoms with E-state index in [0.29, 0.717) is 0 Å². The zero-order valence-corrected chi connectivity index (χ0v) is 13.2. The number of nitrogens with two attached hydrogens (primary N) is 1. The molecule has 2 atom stereocenters. The molecule has 2 unspecified atom stereocenters. The summed E-state index contributed by atoms with van der Waals surface area (Å²) in [5.41, 5.74) is 5.50. The van der Waals surface area contributed by atoms with Crippen LogP contribution in [0.15, 0.2) is 12.4 Å². The van der Waals surface area contributed by atoms with Crippen LogP contribution in [0.2, 0.25) is 0 Å². The summed E-state index contributed by atoms with van der Waals surface area (Å²) >= 11 is 0. The molecule has 118 valence electrons. The summed E-state index contributed by atoms with van der Waals surface area (Å²) in [5.74, 6) is 0.974. The topological polar surface area (TPSA) is 73.4 Å². The molecule has 1 aromatic rings. The van der Waals surface area contributed by atoms with Gasteiger partial charge in [0.05, 0.1) is 13.7 Å². The van der Waals surface area contributed by atoms with Crippen LogP contribution in [0.1, 0.15) is 31.5 Å². The van der Waals surface area contributed by atoms with Crippen LogP contribution in [0.25, 0.3) is 0 Å². The molecule has 0 saturated heterocycles. The first-order valence-corrected chi connectivity index (χ1v) is 7.49. The van der Waals surface area contributed by atoms with E-state index in [1.54, 1.807) is 0 Å². The Morgan fingerprint density at radius 1 is 1.67 bits per heavy atom. The number of aryl methyl sites for hydroxylation is 1. The van der Waals surface area contributed by atoms with Gasteiger partial charge < -0.3 is 15.0 Å². The number of imidazole rings is 1. The number of carbonyl (C=O) groups is 1. The Labute approximate surface area is 126 Å². The van der Waals surface area contributed by atoms with Crippen LogP contribution in [0.3, 0.4) is 0 Å². The lowest BCUT2D eigenvalue weighted by atomic mass is 9.85. The van der Waals surface area contributed by atoms with Crippen molar-refractivity contribution in [1.82, 2.24) is 14.5 Å². The zero-order valence-electron chi connectivity index (χ0n) is 13.2. The lowest BCUT2D eigenvalue weighted by molar-refractivity contribution is -0.148. The minimum Gasteiger partial charge on any atom is -0.468 e. The van der Waals surface area contributed by atoms with Gasteiger partial charge in [-0.25, -0.2) is 4.98 Å². The molecule has 1 aliphatic rings. The highest BCUT2D eigenvalue weighted by atomic mass is 16.5. The number of hydrogen-bond donors (Lipinski definition) is 1. The Morgan fingerprint density at radius 3 is 3.05 bits per heavy atom. The largest absolute Gasteiger partial charge is 0.468 e. The first-order chi connectivity index (χ1) is 9.97. The van der Waals surface area contributed by atoms with Crippen LogP contribution < -0.4 is 5.73 Å². The van der Waals surface area contributed by atoms with E-state index >= 15 is 0 Å². The van der Waals surface area contributed by atoms with Gasteiger partial charge in [-0.05, 0) is 38.8 Å². The highest BCUT2D eigenvalue weighted by Crippen LogP contribution is 2.37. The van der Waals surface area contributed by atoms with Gasteiger partial charge in [0.25, 0.3) is 0 Å². The number of aromatic nitrogens is 2. The molecule has 1 saturated carbocycles. The molecule has 6 heteroatoms. The Hall–Kier alpha value is -1.40. The van der Waals surface area contributed by atoms with Crippen LogP contribution in [0.5, 0.6) is 0 Å². The van der Waals surface area contributed by atoms with E-state index in [1.807, 2.05) is 24.0 Å². The molecule has 1 heterocycles. The SMILES string of the molecule is COC(=O)C1(N)CCCC1CCN(C)Cc1nccn1C. The maximum atomic E-state index is 11.9. The van der Waals surface area contributed by atoms with Crippen LogP contribution >= 0.6 is 0 Å². The fourth-order valence-corrected chi connectivity index (χ4v) is 3.21. The lowest BCUT2D eigenvalue weighted by Gasteiger charge is -2.29. The van der Waals surface area contributed by atoms with Crippen molar-refractivity contribution in [3.63, 3.8) is 0 Å². The molecular formula is C15H26N4O2. The molecule has 6 nitrogen and oxygen atoms in total. The lowest BCUT2D eigenvalue weighted by Crippen LogP contribution is -2.52. The second kappa shape index (κ2) is 6.58. The van der Waals surface area contributed by atoms with E-state index in [9.17, 15) is 4.79 Å². The molecule has 1 aliphatic carbocycles. The van der Waals surface area contributed by atoms with Crippen LogP contribution in [-0.2, 0) is 23.1 Å². The van der Waals surface area contributed by atoms with Gasteiger partial charge in [-0.2, -0.15) is 0 Å². The third kappa shape index (κ3) is 3.44. The molecule has 0 aliphatic heterocycles. The van der Waals surface area contributed by atoms with Gasteiger partial charge in [0, 0.05) is 19.4 Å². The second-order valence-electron chi connectivity index (χ2n) is 6.10. The molecule has 0 aromatic carbocycles. The number of carbonyl (C=O) groups excluding carboxylic acids is 1. The Kier molecular flexibility index (Phi) is 5.00. The van der Waals surface area contributed by atoms with E-state index < -0.39 is 5.54 Å². The Balaban J connectivity index is 1.87. The summed E-state index contributed by atoms with van der Waals surface area (Å²) in [5, 5.41) is 0. The van der Waals surface area contributed by atoms with Crippen LogP contribution in [0.4, 0.5) is 0 Å². The van der Waals surface area contributed by atoms with Crippen molar-refractivity contribution in [3.8, 4) is 0 Å². The van der Waals surface area contributed by atoms with Crippen molar-refractivity contribution in [2.75, 3.05) is 20.7 Å². The van der Waals surface area contributed by atoms with Crippen molar-refractivity contribution in [3.05, 3.63) is 18.2 Å². The maximum absolute atomic E-state index is 11.9. The summed E-state index contributed by atoms with van der Waals surface area (Å²) in [6, 6.07) is 0. The number of esters is 1. The Morgan fingerprint density at radius 2 is 2.43 bits per heavy atom. The smallest absolute Gasteiger partial charge is 0.326 e. The maximum Gasteiger partial charge on any atom is 0.326 e. The highest BCUT2D eigenvalue weighted by molar-refractivity contribution is 5.81. The minimum absolute atomic E-state index is 0.203.